The van der Waals surface area contributed by atoms with E-state index in [0.29, 0.717) is 22.8 Å². The molecule has 0 saturated carbocycles. The summed E-state index contributed by atoms with van der Waals surface area (Å²) in [6.07, 6.45) is 1.55. The third-order valence-corrected chi connectivity index (χ3v) is 4.11. The molecular weight excluding hydrogens is 352 g/mol. The molecule has 1 heterocycles. The minimum atomic E-state index is -0.296. The number of methoxy groups -OCH3 is 1. The Morgan fingerprint density at radius 3 is 2.38 bits per heavy atom. The Morgan fingerprint density at radius 2 is 1.73 bits per heavy atom. The number of carbonyl (C=O) groups excluding carboxylic acids is 1. The van der Waals surface area contributed by atoms with Gasteiger partial charge in [-0.2, -0.15) is 0 Å². The summed E-state index contributed by atoms with van der Waals surface area (Å²) >= 11 is 5.84. The summed E-state index contributed by atoms with van der Waals surface area (Å²) in [5, 5.41) is 3.38. The van der Waals surface area contributed by atoms with Crippen molar-refractivity contribution in [3.05, 3.63) is 93.4 Å². The van der Waals surface area contributed by atoms with E-state index in [1.165, 1.54) is 16.7 Å². The molecular formula is C20H17ClN2O3. The third kappa shape index (κ3) is 4.32. The number of ether oxygens (including phenoxy) is 1. The van der Waals surface area contributed by atoms with Crippen molar-refractivity contribution >= 4 is 23.2 Å². The minimum absolute atomic E-state index is 0.177. The van der Waals surface area contributed by atoms with Crippen LogP contribution in [0.1, 0.15) is 15.9 Å². The lowest BCUT2D eigenvalue weighted by Crippen LogP contribution is -2.22. The van der Waals surface area contributed by atoms with Crippen LogP contribution in [0.3, 0.4) is 0 Å². The van der Waals surface area contributed by atoms with E-state index in [4.69, 9.17) is 16.3 Å². The van der Waals surface area contributed by atoms with Crippen molar-refractivity contribution in [3.8, 4) is 5.75 Å². The Hall–Kier alpha value is -3.05. The molecule has 132 valence electrons. The van der Waals surface area contributed by atoms with Crippen LogP contribution in [0, 0.1) is 0 Å². The monoisotopic (exact) mass is 368 g/mol. The summed E-state index contributed by atoms with van der Waals surface area (Å²) in [4.78, 5) is 24.5. The van der Waals surface area contributed by atoms with Crippen LogP contribution in [0.2, 0.25) is 5.02 Å². The zero-order valence-corrected chi connectivity index (χ0v) is 14.9. The van der Waals surface area contributed by atoms with Crippen LogP contribution in [0.25, 0.3) is 0 Å². The van der Waals surface area contributed by atoms with Gasteiger partial charge in [0.1, 0.15) is 5.75 Å². The number of rotatable bonds is 5. The van der Waals surface area contributed by atoms with Crippen LogP contribution in [0.15, 0.2) is 71.7 Å². The van der Waals surface area contributed by atoms with Gasteiger partial charge >= 0.3 is 0 Å². The predicted molar refractivity (Wildman–Crippen MR) is 102 cm³/mol. The number of carbonyl (C=O) groups is 1. The molecule has 0 bridgehead atoms. The first kappa shape index (κ1) is 17.8. The van der Waals surface area contributed by atoms with Gasteiger partial charge in [0.05, 0.1) is 19.2 Å². The van der Waals surface area contributed by atoms with Gasteiger partial charge in [0.25, 0.3) is 11.5 Å². The summed E-state index contributed by atoms with van der Waals surface area (Å²) in [6.45, 7) is 0.366. The number of halogens is 1. The Morgan fingerprint density at radius 1 is 1.04 bits per heavy atom. The van der Waals surface area contributed by atoms with Gasteiger partial charge < -0.3 is 14.6 Å². The summed E-state index contributed by atoms with van der Waals surface area (Å²) in [6, 6.07) is 17.1. The molecule has 0 saturated heterocycles. The van der Waals surface area contributed by atoms with E-state index in [1.807, 2.05) is 24.3 Å². The molecule has 3 aromatic rings. The molecule has 0 radical (unpaired) electrons. The normalized spacial score (nSPS) is 10.4. The van der Waals surface area contributed by atoms with Crippen molar-refractivity contribution in [2.75, 3.05) is 12.4 Å². The van der Waals surface area contributed by atoms with E-state index in [2.05, 4.69) is 5.32 Å². The maximum absolute atomic E-state index is 12.4. The molecule has 0 fully saturated rings. The second kappa shape index (κ2) is 7.89. The van der Waals surface area contributed by atoms with Gasteiger partial charge in [0, 0.05) is 23.0 Å². The maximum Gasteiger partial charge on any atom is 0.257 e. The van der Waals surface area contributed by atoms with Gasteiger partial charge in [-0.05, 0) is 48.0 Å². The van der Waals surface area contributed by atoms with Crippen LogP contribution in [0.4, 0.5) is 5.69 Å². The molecule has 0 unspecified atom stereocenters. The first-order valence-electron chi connectivity index (χ1n) is 7.95. The molecule has 2 aromatic carbocycles. The summed E-state index contributed by atoms with van der Waals surface area (Å²) in [5.41, 5.74) is 1.78. The quantitative estimate of drug-likeness (QED) is 0.745. The van der Waals surface area contributed by atoms with E-state index in [1.54, 1.807) is 37.6 Å². The van der Waals surface area contributed by atoms with Gasteiger partial charge in [-0.25, -0.2) is 0 Å². The number of nitrogens with zero attached hydrogens (tertiary/aromatic N) is 1. The predicted octanol–water partition coefficient (Wildman–Crippen LogP) is 3.81. The zero-order valence-electron chi connectivity index (χ0n) is 14.1. The second-order valence-corrected chi connectivity index (χ2v) is 6.13. The van der Waals surface area contributed by atoms with Crippen LogP contribution >= 0.6 is 11.6 Å². The Balaban J connectivity index is 1.78. The number of pyridine rings is 1. The molecule has 0 atom stereocenters. The molecule has 1 aromatic heterocycles. The number of hydrogen-bond acceptors (Lipinski definition) is 3. The summed E-state index contributed by atoms with van der Waals surface area (Å²) in [5.74, 6) is 0.452. The van der Waals surface area contributed by atoms with E-state index >= 15 is 0 Å². The van der Waals surface area contributed by atoms with Crippen molar-refractivity contribution in [1.29, 1.82) is 0 Å². The number of hydrogen-bond donors (Lipinski definition) is 1. The highest BCUT2D eigenvalue weighted by Crippen LogP contribution is 2.15. The van der Waals surface area contributed by atoms with E-state index < -0.39 is 0 Å². The van der Waals surface area contributed by atoms with Gasteiger partial charge in [-0.1, -0.05) is 23.7 Å². The third-order valence-electron chi connectivity index (χ3n) is 3.86. The topological polar surface area (TPSA) is 60.3 Å². The lowest BCUT2D eigenvalue weighted by Gasteiger charge is -2.10. The highest BCUT2D eigenvalue weighted by molar-refractivity contribution is 6.30. The first-order chi connectivity index (χ1) is 12.5. The average Bonchev–Trinajstić information content (AvgIpc) is 2.66. The molecule has 0 aliphatic carbocycles. The highest BCUT2D eigenvalue weighted by atomic mass is 35.5. The lowest BCUT2D eigenvalue weighted by atomic mass is 10.2. The molecule has 1 N–H and O–H groups in total. The summed E-state index contributed by atoms with van der Waals surface area (Å²) in [7, 11) is 1.60. The maximum atomic E-state index is 12.4. The van der Waals surface area contributed by atoms with Gasteiger partial charge in [0.2, 0.25) is 0 Å². The first-order valence-corrected chi connectivity index (χ1v) is 8.33. The Labute approximate surface area is 155 Å². The van der Waals surface area contributed by atoms with Gasteiger partial charge in [0.15, 0.2) is 0 Å². The Bertz CT molecular complexity index is 964. The molecule has 0 aliphatic heterocycles. The lowest BCUT2D eigenvalue weighted by molar-refractivity contribution is 0.102. The van der Waals surface area contributed by atoms with Crippen molar-refractivity contribution in [2.45, 2.75) is 6.54 Å². The van der Waals surface area contributed by atoms with Crippen molar-refractivity contribution in [1.82, 2.24) is 4.57 Å². The van der Waals surface area contributed by atoms with Crippen molar-refractivity contribution < 1.29 is 9.53 Å². The van der Waals surface area contributed by atoms with E-state index in [0.717, 1.165) is 11.3 Å². The molecule has 1 amide bonds. The van der Waals surface area contributed by atoms with E-state index in [9.17, 15) is 9.59 Å². The van der Waals surface area contributed by atoms with Crippen molar-refractivity contribution in [3.63, 3.8) is 0 Å². The smallest absolute Gasteiger partial charge is 0.257 e. The van der Waals surface area contributed by atoms with Crippen LogP contribution < -0.4 is 15.6 Å². The van der Waals surface area contributed by atoms with Gasteiger partial charge in [-0.15, -0.1) is 0 Å². The number of nitrogens with one attached hydrogen (secondary N) is 1. The molecule has 5 nitrogen and oxygen atoms in total. The van der Waals surface area contributed by atoms with Crippen LogP contribution in [0.5, 0.6) is 5.75 Å². The largest absolute Gasteiger partial charge is 0.497 e. The van der Waals surface area contributed by atoms with Crippen molar-refractivity contribution in [2.24, 2.45) is 0 Å². The minimum Gasteiger partial charge on any atom is -0.497 e. The van der Waals surface area contributed by atoms with Crippen LogP contribution in [-0.4, -0.2) is 17.6 Å². The second-order valence-electron chi connectivity index (χ2n) is 5.69. The van der Waals surface area contributed by atoms with Gasteiger partial charge in [-0.3, -0.25) is 9.59 Å². The Kier molecular flexibility index (Phi) is 5.39. The number of aromatic nitrogens is 1. The standard InChI is InChI=1S/C20H17ClN2O3/c1-26-18-9-2-14(3-10-18)12-23-13-15(4-11-19(23)24)20(25)22-17-7-5-16(21)6-8-17/h2-11,13H,12H2,1H3,(H,22,25). The zero-order chi connectivity index (χ0) is 18.5. The SMILES string of the molecule is COc1ccc(Cn2cc(C(=O)Nc3ccc(Cl)cc3)ccc2=O)cc1. The average molecular weight is 369 g/mol. The fourth-order valence-electron chi connectivity index (χ4n) is 2.45. The van der Waals surface area contributed by atoms with Crippen LogP contribution in [-0.2, 0) is 6.54 Å². The number of benzene rings is 2. The fourth-order valence-corrected chi connectivity index (χ4v) is 2.58. The van der Waals surface area contributed by atoms with E-state index in [-0.39, 0.29) is 11.5 Å². The number of anilines is 1. The fraction of sp³-hybridized carbons (Fsp3) is 0.100. The molecule has 0 spiro atoms. The molecule has 3 rings (SSSR count). The molecule has 6 heteroatoms. The highest BCUT2D eigenvalue weighted by Gasteiger charge is 2.09. The molecule has 0 aliphatic rings. The molecule has 26 heavy (non-hydrogen) atoms. The summed E-state index contributed by atoms with van der Waals surface area (Å²) < 4.78 is 6.63. The number of amides is 1.